The van der Waals surface area contributed by atoms with Crippen molar-refractivity contribution in [2.45, 2.75) is 17.5 Å². The first-order valence-electron chi connectivity index (χ1n) is 13.4. The van der Waals surface area contributed by atoms with E-state index in [4.69, 9.17) is 11.6 Å². The lowest BCUT2D eigenvalue weighted by atomic mass is 9.64. The van der Waals surface area contributed by atoms with Crippen LogP contribution in [0.5, 0.6) is 0 Å². The Kier molecular flexibility index (Phi) is 5.85. The number of nitrogens with zero attached hydrogens (tertiary/aromatic N) is 2. The highest BCUT2D eigenvalue weighted by molar-refractivity contribution is 6.34. The van der Waals surface area contributed by atoms with Crippen molar-refractivity contribution in [3.05, 3.63) is 141 Å². The third-order valence-corrected chi connectivity index (χ3v) is 8.92. The molecule has 0 aliphatic carbocycles. The largest absolute Gasteiger partial charge is 0.352 e. The highest BCUT2D eigenvalue weighted by Crippen LogP contribution is 2.58. The maximum atomic E-state index is 14.8. The average Bonchev–Trinajstić information content (AvgIpc) is 3.49. The van der Waals surface area contributed by atoms with Crippen LogP contribution in [0.1, 0.15) is 31.8 Å². The molecule has 0 saturated carbocycles. The van der Waals surface area contributed by atoms with Crippen molar-refractivity contribution >= 4 is 52.2 Å². The van der Waals surface area contributed by atoms with Crippen LogP contribution in [0, 0.1) is 16.0 Å². The molecule has 1 saturated heterocycles. The molecule has 3 aliphatic rings. The lowest BCUT2D eigenvalue weighted by Gasteiger charge is -2.37. The highest BCUT2D eigenvalue weighted by Gasteiger charge is 2.70. The van der Waals surface area contributed by atoms with Gasteiger partial charge in [0, 0.05) is 34.6 Å². The second-order valence-electron chi connectivity index (χ2n) is 10.6. The van der Waals surface area contributed by atoms with Gasteiger partial charge in [0.1, 0.15) is 11.5 Å². The van der Waals surface area contributed by atoms with Crippen molar-refractivity contribution in [2.75, 3.05) is 10.2 Å². The molecule has 0 unspecified atom stereocenters. The van der Waals surface area contributed by atoms with E-state index in [1.54, 1.807) is 36.4 Å². The zero-order valence-electron chi connectivity index (χ0n) is 21.9. The minimum absolute atomic E-state index is 0.161. The van der Waals surface area contributed by atoms with Gasteiger partial charge in [-0.25, -0.2) is 0 Å². The number of halogens is 1. The summed E-state index contributed by atoms with van der Waals surface area (Å²) in [5.74, 6) is -2.44. The van der Waals surface area contributed by atoms with Crippen LogP contribution in [-0.2, 0) is 10.2 Å². The van der Waals surface area contributed by atoms with Gasteiger partial charge in [0.25, 0.3) is 5.69 Å². The third-order valence-electron chi connectivity index (χ3n) is 8.59. The van der Waals surface area contributed by atoms with E-state index in [0.717, 1.165) is 5.56 Å². The number of hydrogen-bond donors (Lipinski definition) is 1. The van der Waals surface area contributed by atoms with Gasteiger partial charge in [-0.3, -0.25) is 24.5 Å². The number of nitrogens with one attached hydrogen (secondary N) is 1. The van der Waals surface area contributed by atoms with Crippen molar-refractivity contribution < 1.29 is 19.3 Å². The summed E-state index contributed by atoms with van der Waals surface area (Å²) in [6, 6.07) is 24.8. The maximum Gasteiger partial charge on any atom is 0.269 e. The normalized spacial score (nSPS) is 23.2. The van der Waals surface area contributed by atoms with E-state index in [1.165, 1.54) is 24.3 Å². The summed E-state index contributed by atoms with van der Waals surface area (Å²) >= 11 is 6.56. The number of hydrogen-bond acceptors (Lipinski definition) is 6. The van der Waals surface area contributed by atoms with Crippen LogP contribution in [0.4, 0.5) is 17.1 Å². The number of non-ortho nitro benzene ring substituents is 1. The average molecular weight is 576 g/mol. The molecule has 4 aromatic carbocycles. The Labute approximate surface area is 245 Å². The van der Waals surface area contributed by atoms with E-state index in [2.05, 4.69) is 5.32 Å². The van der Waals surface area contributed by atoms with Crippen molar-refractivity contribution in [3.8, 4) is 0 Å². The zero-order chi connectivity index (χ0) is 29.2. The van der Waals surface area contributed by atoms with Crippen LogP contribution in [0.2, 0.25) is 5.02 Å². The molecule has 7 rings (SSSR count). The summed E-state index contributed by atoms with van der Waals surface area (Å²) in [4.78, 5) is 56.4. The van der Waals surface area contributed by atoms with Crippen LogP contribution in [0.25, 0.3) is 6.08 Å². The molecule has 1 N–H and O–H groups in total. The number of amides is 1. The van der Waals surface area contributed by atoms with Gasteiger partial charge in [-0.15, -0.1) is 0 Å². The standard InChI is InChI=1S/C33H22ClN3O5/c34-24-10-4-2-8-22(24)31(39)28-29(30(38)20-13-16-21(17-14-20)37(41)42)36-26-12-6-1-7-19(26)15-18-27(36)33(28)23-9-3-5-11-25(23)35-32(33)40/h1-18,27-29H,(H,35,40)/t27-,28+,29+,33-/m1/s1. The minimum Gasteiger partial charge on any atom is -0.352 e. The van der Waals surface area contributed by atoms with Crippen molar-refractivity contribution in [3.63, 3.8) is 0 Å². The first-order chi connectivity index (χ1) is 20.3. The van der Waals surface area contributed by atoms with Crippen molar-refractivity contribution in [1.29, 1.82) is 0 Å². The maximum absolute atomic E-state index is 14.8. The number of Topliss-reactive ketones (excluding diaryl/α,β-unsaturated/α-hetero) is 2. The smallest absolute Gasteiger partial charge is 0.269 e. The molecule has 4 atom stereocenters. The molecular formula is C33H22ClN3O5. The van der Waals surface area contributed by atoms with Gasteiger partial charge in [-0.2, -0.15) is 0 Å². The predicted molar refractivity (Wildman–Crippen MR) is 159 cm³/mol. The van der Waals surface area contributed by atoms with Crippen LogP contribution < -0.4 is 10.2 Å². The van der Waals surface area contributed by atoms with Crippen molar-refractivity contribution in [2.24, 2.45) is 5.92 Å². The Morgan fingerprint density at radius 1 is 0.881 bits per heavy atom. The van der Waals surface area contributed by atoms with E-state index in [-0.39, 0.29) is 27.7 Å². The number of nitro groups is 1. The van der Waals surface area contributed by atoms with Gasteiger partial charge >= 0.3 is 0 Å². The Morgan fingerprint density at radius 3 is 2.33 bits per heavy atom. The number of anilines is 2. The summed E-state index contributed by atoms with van der Waals surface area (Å²) < 4.78 is 0. The molecule has 42 heavy (non-hydrogen) atoms. The van der Waals surface area contributed by atoms with E-state index >= 15 is 0 Å². The second-order valence-corrected chi connectivity index (χ2v) is 11.0. The van der Waals surface area contributed by atoms with E-state index in [1.807, 2.05) is 53.5 Å². The molecule has 0 aromatic heterocycles. The molecule has 1 fully saturated rings. The molecule has 8 nitrogen and oxygen atoms in total. The molecule has 4 aromatic rings. The summed E-state index contributed by atoms with van der Waals surface area (Å²) in [6.07, 6.45) is 3.81. The molecule has 0 bridgehead atoms. The van der Waals surface area contributed by atoms with Crippen molar-refractivity contribution in [1.82, 2.24) is 0 Å². The van der Waals surface area contributed by atoms with E-state index < -0.39 is 39.9 Å². The molecule has 1 spiro atoms. The Morgan fingerprint density at radius 2 is 1.57 bits per heavy atom. The van der Waals surface area contributed by atoms with Gasteiger partial charge in [-0.1, -0.05) is 72.3 Å². The number of carbonyl (C=O) groups excluding carboxylic acids is 3. The fourth-order valence-electron chi connectivity index (χ4n) is 6.87. The number of carbonyl (C=O) groups is 3. The summed E-state index contributed by atoms with van der Waals surface area (Å²) in [7, 11) is 0. The van der Waals surface area contributed by atoms with Crippen LogP contribution in [0.3, 0.4) is 0 Å². The van der Waals surface area contributed by atoms with Crippen LogP contribution in [-0.4, -0.2) is 34.5 Å². The molecule has 0 radical (unpaired) electrons. The first kappa shape index (κ1) is 25.9. The second kappa shape index (κ2) is 9.49. The minimum atomic E-state index is -1.47. The monoisotopic (exact) mass is 575 g/mol. The number of benzene rings is 4. The van der Waals surface area contributed by atoms with Gasteiger partial charge in [0.2, 0.25) is 5.91 Å². The zero-order valence-corrected chi connectivity index (χ0v) is 22.7. The summed E-state index contributed by atoms with van der Waals surface area (Å²) in [5.41, 5.74) is 1.51. The Hall–Kier alpha value is -5.08. The molecule has 1 amide bonds. The Balaban J connectivity index is 1.52. The van der Waals surface area contributed by atoms with E-state index in [9.17, 15) is 24.5 Å². The number of fused-ring (bicyclic) bond motifs is 6. The fourth-order valence-corrected chi connectivity index (χ4v) is 7.10. The fraction of sp³-hybridized carbons (Fsp3) is 0.121. The number of nitro benzene ring substituents is 1. The topological polar surface area (TPSA) is 110 Å². The molecule has 3 heterocycles. The Bertz CT molecular complexity index is 1850. The van der Waals surface area contributed by atoms with Gasteiger partial charge in [-0.05, 0) is 47.5 Å². The van der Waals surface area contributed by atoms with Crippen LogP contribution >= 0.6 is 11.6 Å². The number of para-hydroxylation sites is 2. The quantitative estimate of drug-likeness (QED) is 0.175. The van der Waals surface area contributed by atoms with E-state index in [0.29, 0.717) is 16.9 Å². The van der Waals surface area contributed by atoms with Gasteiger partial charge in [0.05, 0.1) is 21.9 Å². The molecule has 3 aliphatic heterocycles. The first-order valence-corrected chi connectivity index (χ1v) is 13.8. The lowest BCUT2D eigenvalue weighted by molar-refractivity contribution is -0.384. The SMILES string of the molecule is O=C(c1ccc([N+](=O)[O-])cc1)[C@@H]1[C@@H](C(=O)c2ccccc2Cl)[C@]2(C(=O)Nc3ccccc32)[C@H]2C=Cc3ccccc3N12. The predicted octanol–water partition coefficient (Wildman–Crippen LogP) is 6.10. The van der Waals surface area contributed by atoms with Crippen LogP contribution in [0.15, 0.2) is 103 Å². The number of rotatable bonds is 5. The lowest BCUT2D eigenvalue weighted by Crippen LogP contribution is -2.51. The number of ketones is 2. The van der Waals surface area contributed by atoms with Gasteiger partial charge in [0.15, 0.2) is 11.6 Å². The third kappa shape index (κ3) is 3.51. The molecular weight excluding hydrogens is 554 g/mol. The summed E-state index contributed by atoms with van der Waals surface area (Å²) in [6.45, 7) is 0. The van der Waals surface area contributed by atoms with Gasteiger partial charge < -0.3 is 10.2 Å². The molecule has 9 heteroatoms. The highest BCUT2D eigenvalue weighted by atomic mass is 35.5. The molecule has 206 valence electrons. The summed E-state index contributed by atoms with van der Waals surface area (Å²) in [5, 5.41) is 14.5.